The highest BCUT2D eigenvalue weighted by Gasteiger charge is 2.22. The van der Waals surface area contributed by atoms with E-state index in [-0.39, 0.29) is 5.56 Å². The van der Waals surface area contributed by atoms with Gasteiger partial charge in [-0.3, -0.25) is 0 Å². The average molecular weight is 222 g/mol. The SMILES string of the molecule is N#Cc1ccc2c(C(O)C(F)F)c[nH]c2c1. The van der Waals surface area contributed by atoms with E-state index in [1.54, 1.807) is 12.1 Å². The van der Waals surface area contributed by atoms with Crippen LogP contribution in [0.15, 0.2) is 24.4 Å². The lowest BCUT2D eigenvalue weighted by atomic mass is 10.1. The Hall–Kier alpha value is -1.93. The molecule has 82 valence electrons. The zero-order valence-electron chi connectivity index (χ0n) is 8.11. The first-order valence-electron chi connectivity index (χ1n) is 4.61. The largest absolute Gasteiger partial charge is 0.382 e. The topological polar surface area (TPSA) is 59.8 Å². The van der Waals surface area contributed by atoms with Crippen LogP contribution in [-0.2, 0) is 0 Å². The smallest absolute Gasteiger partial charge is 0.268 e. The third-order valence-electron chi connectivity index (χ3n) is 2.40. The highest BCUT2D eigenvalue weighted by molar-refractivity contribution is 5.84. The van der Waals surface area contributed by atoms with Gasteiger partial charge in [0.1, 0.15) is 6.10 Å². The number of aliphatic hydroxyl groups is 1. The van der Waals surface area contributed by atoms with Crippen LogP contribution in [0.1, 0.15) is 17.2 Å². The highest BCUT2D eigenvalue weighted by Crippen LogP contribution is 2.28. The number of benzene rings is 1. The van der Waals surface area contributed by atoms with Gasteiger partial charge in [-0.1, -0.05) is 6.07 Å². The summed E-state index contributed by atoms with van der Waals surface area (Å²) in [5, 5.41) is 18.5. The number of aromatic amines is 1. The number of halogens is 2. The third kappa shape index (κ3) is 1.64. The quantitative estimate of drug-likeness (QED) is 0.819. The number of fused-ring (bicyclic) bond motifs is 1. The van der Waals surface area contributed by atoms with Crippen LogP contribution in [0, 0.1) is 11.3 Å². The molecule has 0 spiro atoms. The molecule has 3 nitrogen and oxygen atoms in total. The molecule has 0 saturated carbocycles. The van der Waals surface area contributed by atoms with E-state index < -0.39 is 12.5 Å². The Balaban J connectivity index is 2.54. The summed E-state index contributed by atoms with van der Waals surface area (Å²) in [6.07, 6.45) is -3.29. The van der Waals surface area contributed by atoms with E-state index in [1.807, 2.05) is 6.07 Å². The zero-order valence-corrected chi connectivity index (χ0v) is 8.11. The molecule has 0 aliphatic rings. The van der Waals surface area contributed by atoms with E-state index in [0.717, 1.165) is 0 Å². The molecule has 0 amide bonds. The van der Waals surface area contributed by atoms with Crippen molar-refractivity contribution >= 4 is 10.9 Å². The molecule has 16 heavy (non-hydrogen) atoms. The summed E-state index contributed by atoms with van der Waals surface area (Å²) in [5.74, 6) is 0. The normalized spacial score (nSPS) is 12.9. The molecule has 0 bridgehead atoms. The number of rotatable bonds is 2. The fourth-order valence-corrected chi connectivity index (χ4v) is 1.60. The van der Waals surface area contributed by atoms with E-state index in [4.69, 9.17) is 5.26 Å². The number of nitriles is 1. The van der Waals surface area contributed by atoms with Gasteiger partial charge in [0.15, 0.2) is 0 Å². The van der Waals surface area contributed by atoms with Gasteiger partial charge in [0.2, 0.25) is 0 Å². The molecule has 1 atom stereocenters. The van der Waals surface area contributed by atoms with Crippen LogP contribution in [0.2, 0.25) is 0 Å². The van der Waals surface area contributed by atoms with E-state index in [2.05, 4.69) is 4.98 Å². The van der Waals surface area contributed by atoms with Crippen molar-refractivity contribution in [3.05, 3.63) is 35.5 Å². The van der Waals surface area contributed by atoms with Crippen molar-refractivity contribution in [2.45, 2.75) is 12.5 Å². The van der Waals surface area contributed by atoms with Crippen molar-refractivity contribution in [2.24, 2.45) is 0 Å². The molecular weight excluding hydrogens is 214 g/mol. The molecule has 1 unspecified atom stereocenters. The molecule has 0 fully saturated rings. The number of nitrogens with zero attached hydrogens (tertiary/aromatic N) is 1. The van der Waals surface area contributed by atoms with Gasteiger partial charge in [0.05, 0.1) is 11.6 Å². The van der Waals surface area contributed by atoms with Gasteiger partial charge in [-0.05, 0) is 12.1 Å². The minimum atomic E-state index is -2.82. The fraction of sp³-hybridized carbons (Fsp3) is 0.182. The van der Waals surface area contributed by atoms with Crippen molar-refractivity contribution < 1.29 is 13.9 Å². The van der Waals surface area contributed by atoms with Gasteiger partial charge in [-0.25, -0.2) is 8.78 Å². The monoisotopic (exact) mass is 222 g/mol. The lowest BCUT2D eigenvalue weighted by Gasteiger charge is -2.07. The number of nitrogens with one attached hydrogen (secondary N) is 1. The van der Waals surface area contributed by atoms with Gasteiger partial charge < -0.3 is 10.1 Å². The molecule has 0 aliphatic heterocycles. The van der Waals surface area contributed by atoms with Crippen molar-refractivity contribution in [1.82, 2.24) is 4.98 Å². The van der Waals surface area contributed by atoms with Crippen LogP contribution in [0.25, 0.3) is 10.9 Å². The summed E-state index contributed by atoms with van der Waals surface area (Å²) < 4.78 is 24.7. The standard InChI is InChI=1S/C11H8F2N2O/c12-11(13)10(16)8-5-15-9-3-6(4-14)1-2-7(8)9/h1-3,5,10-11,15-16H. The van der Waals surface area contributed by atoms with Crippen molar-refractivity contribution in [3.8, 4) is 6.07 Å². The Kier molecular flexibility index (Phi) is 2.59. The molecule has 1 aromatic carbocycles. The van der Waals surface area contributed by atoms with Gasteiger partial charge >= 0.3 is 0 Å². The third-order valence-corrected chi connectivity index (χ3v) is 2.40. The van der Waals surface area contributed by atoms with Crippen molar-refractivity contribution in [3.63, 3.8) is 0 Å². The second-order valence-corrected chi connectivity index (χ2v) is 3.40. The summed E-state index contributed by atoms with van der Waals surface area (Å²) in [6, 6.07) is 6.57. The second kappa shape index (κ2) is 3.91. The minimum Gasteiger partial charge on any atom is -0.382 e. The molecular formula is C11H8F2N2O. The Morgan fingerprint density at radius 2 is 2.12 bits per heavy atom. The van der Waals surface area contributed by atoms with Crippen molar-refractivity contribution in [1.29, 1.82) is 5.26 Å². The molecule has 2 rings (SSSR count). The molecule has 2 N–H and O–H groups in total. The maximum absolute atomic E-state index is 12.3. The maximum atomic E-state index is 12.3. The first-order chi connectivity index (χ1) is 7.63. The van der Waals surface area contributed by atoms with Crippen LogP contribution in [0.5, 0.6) is 0 Å². The van der Waals surface area contributed by atoms with Crippen LogP contribution < -0.4 is 0 Å². The number of hydrogen-bond donors (Lipinski definition) is 2. The molecule has 5 heteroatoms. The predicted octanol–water partition coefficient (Wildman–Crippen LogP) is 2.34. The number of hydrogen-bond acceptors (Lipinski definition) is 2. The Labute approximate surface area is 89.9 Å². The summed E-state index contributed by atoms with van der Waals surface area (Å²) in [6.45, 7) is 0. The lowest BCUT2D eigenvalue weighted by molar-refractivity contribution is -0.00494. The number of H-pyrrole nitrogens is 1. The number of aliphatic hydroxyl groups excluding tert-OH is 1. The summed E-state index contributed by atoms with van der Waals surface area (Å²) >= 11 is 0. The second-order valence-electron chi connectivity index (χ2n) is 3.40. The van der Waals surface area contributed by atoms with E-state index >= 15 is 0 Å². The molecule has 2 aromatic rings. The van der Waals surface area contributed by atoms with Gasteiger partial charge in [0, 0.05) is 22.7 Å². The molecule has 0 saturated heterocycles. The minimum absolute atomic E-state index is 0.148. The average Bonchev–Trinajstić information content (AvgIpc) is 2.70. The lowest BCUT2D eigenvalue weighted by Crippen LogP contribution is -2.06. The number of alkyl halides is 2. The first-order valence-corrected chi connectivity index (χ1v) is 4.61. The zero-order chi connectivity index (χ0) is 11.7. The Bertz CT molecular complexity index is 557. The highest BCUT2D eigenvalue weighted by atomic mass is 19.3. The molecule has 0 aliphatic carbocycles. The predicted molar refractivity (Wildman–Crippen MR) is 54.0 cm³/mol. The summed E-state index contributed by atoms with van der Waals surface area (Å²) in [7, 11) is 0. The molecule has 1 heterocycles. The van der Waals surface area contributed by atoms with Gasteiger partial charge in [0.25, 0.3) is 6.43 Å². The molecule has 0 radical (unpaired) electrons. The summed E-state index contributed by atoms with van der Waals surface area (Å²) in [4.78, 5) is 2.75. The van der Waals surface area contributed by atoms with Crippen LogP contribution in [0.4, 0.5) is 8.78 Å². The molecule has 1 aromatic heterocycles. The summed E-state index contributed by atoms with van der Waals surface area (Å²) in [5.41, 5.74) is 1.15. The van der Waals surface area contributed by atoms with E-state index in [9.17, 15) is 13.9 Å². The first kappa shape index (κ1) is 10.6. The van der Waals surface area contributed by atoms with Crippen LogP contribution in [0.3, 0.4) is 0 Å². The van der Waals surface area contributed by atoms with Crippen molar-refractivity contribution in [2.75, 3.05) is 0 Å². The van der Waals surface area contributed by atoms with E-state index in [1.165, 1.54) is 12.3 Å². The fourth-order valence-electron chi connectivity index (χ4n) is 1.60. The van der Waals surface area contributed by atoms with Gasteiger partial charge in [-0.15, -0.1) is 0 Å². The van der Waals surface area contributed by atoms with Crippen LogP contribution in [-0.4, -0.2) is 16.5 Å². The van der Waals surface area contributed by atoms with Crippen LogP contribution >= 0.6 is 0 Å². The number of aromatic nitrogens is 1. The maximum Gasteiger partial charge on any atom is 0.268 e. The Morgan fingerprint density at radius 1 is 1.38 bits per heavy atom. The van der Waals surface area contributed by atoms with Gasteiger partial charge in [-0.2, -0.15) is 5.26 Å². The Morgan fingerprint density at radius 3 is 2.75 bits per heavy atom. The van der Waals surface area contributed by atoms with E-state index in [0.29, 0.717) is 16.5 Å².